The Bertz CT molecular complexity index is 525. The Morgan fingerprint density at radius 3 is 2.86 bits per heavy atom. The van der Waals surface area contributed by atoms with Crippen molar-refractivity contribution >= 4 is 29.3 Å². The van der Waals surface area contributed by atoms with Crippen LogP contribution >= 0.6 is 11.6 Å². The van der Waals surface area contributed by atoms with Crippen molar-refractivity contribution in [3.8, 4) is 0 Å². The predicted octanol–water partition coefficient (Wildman–Crippen LogP) is 4.16. The number of anilines is 1. The number of carbonyl (C=O) groups is 1. The largest absolute Gasteiger partial charge is 0.464 e. The lowest BCUT2D eigenvalue weighted by Crippen LogP contribution is -2.18. The molecule has 1 aliphatic carbocycles. The highest BCUT2D eigenvalue weighted by molar-refractivity contribution is 6.30. The topological polar surface area (TPSA) is 51.2 Å². The van der Waals surface area contributed by atoms with Crippen molar-refractivity contribution < 1.29 is 9.53 Å². The van der Waals surface area contributed by atoms with Gasteiger partial charge in [-0.1, -0.05) is 43.5 Å². The third-order valence-corrected chi connectivity index (χ3v) is 4.11. The van der Waals surface area contributed by atoms with E-state index in [1.165, 1.54) is 39.2 Å². The molecule has 1 aliphatic rings. The van der Waals surface area contributed by atoms with Gasteiger partial charge in [0.05, 0.1) is 7.11 Å². The molecule has 1 aromatic heterocycles. The zero-order chi connectivity index (χ0) is 15.2. The van der Waals surface area contributed by atoms with Gasteiger partial charge in [-0.2, -0.15) is 0 Å². The Balaban J connectivity index is 2.19. The molecule has 1 fully saturated rings. The second-order valence-corrected chi connectivity index (χ2v) is 5.72. The van der Waals surface area contributed by atoms with E-state index in [0.29, 0.717) is 11.5 Å². The predicted molar refractivity (Wildman–Crippen MR) is 85.7 cm³/mol. The first-order valence-corrected chi connectivity index (χ1v) is 7.68. The van der Waals surface area contributed by atoms with Crippen LogP contribution in [0.3, 0.4) is 0 Å². The van der Waals surface area contributed by atoms with E-state index in [2.05, 4.69) is 16.9 Å². The molecule has 2 rings (SSSR count). The number of halogens is 1. The van der Waals surface area contributed by atoms with Gasteiger partial charge in [0.1, 0.15) is 5.15 Å². The van der Waals surface area contributed by atoms with Crippen LogP contribution in [0.25, 0.3) is 6.08 Å². The fourth-order valence-corrected chi connectivity index (χ4v) is 2.97. The molecule has 4 nitrogen and oxygen atoms in total. The van der Waals surface area contributed by atoms with Crippen molar-refractivity contribution in [1.82, 2.24) is 4.98 Å². The Labute approximate surface area is 130 Å². The van der Waals surface area contributed by atoms with E-state index in [9.17, 15) is 4.79 Å². The molecule has 0 bridgehead atoms. The minimum Gasteiger partial charge on any atom is -0.464 e. The molecule has 21 heavy (non-hydrogen) atoms. The average Bonchev–Trinajstić information content (AvgIpc) is 2.52. The van der Waals surface area contributed by atoms with Crippen LogP contribution in [0, 0.1) is 5.92 Å². The maximum atomic E-state index is 11.8. The number of hydrogen-bond acceptors (Lipinski definition) is 4. The second kappa shape index (κ2) is 7.46. The summed E-state index contributed by atoms with van der Waals surface area (Å²) in [6.45, 7) is 4.64. The zero-order valence-electron chi connectivity index (χ0n) is 12.3. The van der Waals surface area contributed by atoms with Crippen molar-refractivity contribution in [2.75, 3.05) is 19.0 Å². The van der Waals surface area contributed by atoms with Crippen molar-refractivity contribution in [3.63, 3.8) is 0 Å². The molecule has 0 atom stereocenters. The van der Waals surface area contributed by atoms with Gasteiger partial charge in [-0.05, 0) is 24.8 Å². The van der Waals surface area contributed by atoms with Gasteiger partial charge in [-0.25, -0.2) is 9.78 Å². The monoisotopic (exact) mass is 308 g/mol. The third-order valence-electron chi connectivity index (χ3n) is 3.92. The lowest BCUT2D eigenvalue weighted by Gasteiger charge is -2.23. The summed E-state index contributed by atoms with van der Waals surface area (Å²) in [4.78, 5) is 15.8. The number of rotatable bonds is 5. The number of pyridine rings is 1. The number of nitrogens with one attached hydrogen (secondary N) is 1. The third kappa shape index (κ3) is 3.97. The Kier molecular flexibility index (Phi) is 5.62. The quantitative estimate of drug-likeness (QED) is 0.655. The smallest absolute Gasteiger partial charge is 0.357 e. The molecule has 0 radical (unpaired) electrons. The number of methoxy groups -OCH3 is 1. The van der Waals surface area contributed by atoms with Crippen LogP contribution in [0.4, 0.5) is 5.69 Å². The highest BCUT2D eigenvalue weighted by Crippen LogP contribution is 2.27. The molecule has 0 aromatic carbocycles. The number of esters is 1. The zero-order valence-corrected chi connectivity index (χ0v) is 13.1. The molecule has 0 saturated heterocycles. The molecule has 1 heterocycles. The van der Waals surface area contributed by atoms with E-state index in [-0.39, 0.29) is 10.8 Å². The summed E-state index contributed by atoms with van der Waals surface area (Å²) in [5, 5.41) is 3.66. The van der Waals surface area contributed by atoms with Crippen LogP contribution in [0.1, 0.15) is 48.2 Å². The number of aromatic nitrogens is 1. The lowest BCUT2D eigenvalue weighted by molar-refractivity contribution is 0.0594. The normalized spacial score (nSPS) is 15.5. The number of carbonyl (C=O) groups excluding carboxylic acids is 1. The minimum absolute atomic E-state index is 0.200. The van der Waals surface area contributed by atoms with Crippen molar-refractivity contribution in [3.05, 3.63) is 29.1 Å². The van der Waals surface area contributed by atoms with Crippen LogP contribution in [-0.4, -0.2) is 24.6 Å². The summed E-state index contributed by atoms with van der Waals surface area (Å²) in [6.07, 6.45) is 8.04. The van der Waals surface area contributed by atoms with E-state index in [0.717, 1.165) is 12.2 Å². The van der Waals surface area contributed by atoms with Crippen molar-refractivity contribution in [1.29, 1.82) is 0 Å². The molecule has 0 spiro atoms. The van der Waals surface area contributed by atoms with E-state index in [1.807, 2.05) is 0 Å². The molecule has 0 amide bonds. The molecule has 1 N–H and O–H groups in total. The average molecular weight is 309 g/mol. The van der Waals surface area contributed by atoms with Crippen LogP contribution in [0.5, 0.6) is 0 Å². The molecule has 1 saturated carbocycles. The molecule has 114 valence electrons. The van der Waals surface area contributed by atoms with Crippen LogP contribution in [0.2, 0.25) is 5.15 Å². The molecular weight excluding hydrogens is 288 g/mol. The summed E-state index contributed by atoms with van der Waals surface area (Å²) >= 11 is 6.01. The fourth-order valence-electron chi connectivity index (χ4n) is 2.77. The molecule has 0 aliphatic heterocycles. The maximum Gasteiger partial charge on any atom is 0.357 e. The SMILES string of the molecule is C=Cc1c(NCC2CCCCC2)cc(Cl)nc1C(=O)OC. The Morgan fingerprint density at radius 2 is 2.24 bits per heavy atom. The fraction of sp³-hybridized carbons (Fsp3) is 0.500. The first-order chi connectivity index (χ1) is 10.2. The number of nitrogens with zero attached hydrogens (tertiary/aromatic N) is 1. The summed E-state index contributed by atoms with van der Waals surface area (Å²) in [5.74, 6) is 0.165. The summed E-state index contributed by atoms with van der Waals surface area (Å²) in [6, 6.07) is 1.73. The van der Waals surface area contributed by atoms with E-state index in [4.69, 9.17) is 16.3 Å². The minimum atomic E-state index is -0.506. The van der Waals surface area contributed by atoms with Crippen LogP contribution < -0.4 is 5.32 Å². The van der Waals surface area contributed by atoms with E-state index in [1.54, 1.807) is 12.1 Å². The standard InChI is InChI=1S/C16H21ClN2O2/c1-3-12-13(18-10-11-7-5-4-6-8-11)9-14(17)19-15(12)16(20)21-2/h3,9,11H,1,4-8,10H2,2H3,(H,18,19). The van der Waals surface area contributed by atoms with Crippen LogP contribution in [0.15, 0.2) is 12.6 Å². The van der Waals surface area contributed by atoms with E-state index >= 15 is 0 Å². The van der Waals surface area contributed by atoms with Gasteiger partial charge in [-0.15, -0.1) is 0 Å². The first kappa shape index (κ1) is 15.8. The second-order valence-electron chi connectivity index (χ2n) is 5.34. The van der Waals surface area contributed by atoms with Gasteiger partial charge in [0.2, 0.25) is 0 Å². The van der Waals surface area contributed by atoms with Gasteiger partial charge in [-0.3, -0.25) is 0 Å². The van der Waals surface area contributed by atoms with Crippen molar-refractivity contribution in [2.24, 2.45) is 5.92 Å². The summed E-state index contributed by atoms with van der Waals surface area (Å²) in [5.41, 5.74) is 1.63. The molecule has 5 heteroatoms. The van der Waals surface area contributed by atoms with Gasteiger partial charge in [0, 0.05) is 17.8 Å². The van der Waals surface area contributed by atoms with Gasteiger partial charge in [0.25, 0.3) is 0 Å². The highest BCUT2D eigenvalue weighted by Gasteiger charge is 2.18. The summed E-state index contributed by atoms with van der Waals surface area (Å²) < 4.78 is 4.75. The number of hydrogen-bond donors (Lipinski definition) is 1. The van der Waals surface area contributed by atoms with Crippen LogP contribution in [-0.2, 0) is 4.74 Å². The first-order valence-electron chi connectivity index (χ1n) is 7.31. The van der Waals surface area contributed by atoms with Gasteiger partial charge in [0.15, 0.2) is 5.69 Å². The van der Waals surface area contributed by atoms with E-state index < -0.39 is 5.97 Å². The molecule has 0 unspecified atom stereocenters. The Hall–Kier alpha value is -1.55. The highest BCUT2D eigenvalue weighted by atomic mass is 35.5. The Morgan fingerprint density at radius 1 is 1.52 bits per heavy atom. The maximum absolute atomic E-state index is 11.8. The molecule has 1 aromatic rings. The molecular formula is C16H21ClN2O2. The summed E-state index contributed by atoms with van der Waals surface area (Å²) in [7, 11) is 1.33. The number of ether oxygens (including phenoxy) is 1. The lowest BCUT2D eigenvalue weighted by atomic mass is 9.89. The van der Waals surface area contributed by atoms with Crippen molar-refractivity contribution in [2.45, 2.75) is 32.1 Å². The van der Waals surface area contributed by atoms with Gasteiger partial charge < -0.3 is 10.1 Å². The van der Waals surface area contributed by atoms with Gasteiger partial charge >= 0.3 is 5.97 Å².